The van der Waals surface area contributed by atoms with Crippen LogP contribution in [0.2, 0.25) is 5.02 Å². The molecule has 7 heteroatoms. The molecule has 3 aromatic rings. The molecule has 1 unspecified atom stereocenters. The number of piperidine rings is 1. The lowest BCUT2D eigenvalue weighted by Crippen LogP contribution is -2.38. The Morgan fingerprint density at radius 2 is 2.11 bits per heavy atom. The first kappa shape index (κ1) is 16.8. The number of aromatic nitrogens is 3. The van der Waals surface area contributed by atoms with E-state index in [9.17, 15) is 0 Å². The molecule has 0 bridgehead atoms. The summed E-state index contributed by atoms with van der Waals surface area (Å²) in [5.41, 5.74) is 3.12. The summed E-state index contributed by atoms with van der Waals surface area (Å²) in [4.78, 5) is 4.91. The summed E-state index contributed by atoms with van der Waals surface area (Å²) in [6.45, 7) is 2.07. The van der Waals surface area contributed by atoms with E-state index in [-0.39, 0.29) is 0 Å². The number of anilines is 3. The van der Waals surface area contributed by atoms with Gasteiger partial charge in [0.15, 0.2) is 5.65 Å². The predicted molar refractivity (Wildman–Crippen MR) is 109 cm³/mol. The summed E-state index contributed by atoms with van der Waals surface area (Å²) < 4.78 is 1.90. The van der Waals surface area contributed by atoms with Crippen LogP contribution in [0.25, 0.3) is 5.65 Å². The van der Waals surface area contributed by atoms with Gasteiger partial charge in [0.2, 0.25) is 0 Å². The van der Waals surface area contributed by atoms with Gasteiger partial charge in [-0.05, 0) is 56.3 Å². The van der Waals surface area contributed by atoms with Crippen LogP contribution in [0.15, 0.2) is 36.5 Å². The Balaban J connectivity index is 1.53. The van der Waals surface area contributed by atoms with Crippen molar-refractivity contribution in [1.82, 2.24) is 19.9 Å². The highest BCUT2D eigenvalue weighted by Crippen LogP contribution is 2.42. The van der Waals surface area contributed by atoms with Gasteiger partial charge in [-0.1, -0.05) is 17.7 Å². The zero-order valence-electron chi connectivity index (χ0n) is 15.1. The van der Waals surface area contributed by atoms with Crippen LogP contribution in [-0.2, 0) is 0 Å². The number of hydrogen-bond donors (Lipinski definition) is 3. The van der Waals surface area contributed by atoms with E-state index < -0.39 is 0 Å². The van der Waals surface area contributed by atoms with Crippen LogP contribution < -0.4 is 16.0 Å². The Morgan fingerprint density at radius 3 is 2.89 bits per heavy atom. The van der Waals surface area contributed by atoms with Crippen LogP contribution in [0.5, 0.6) is 0 Å². The van der Waals surface area contributed by atoms with Crippen LogP contribution in [0.1, 0.15) is 37.2 Å². The first-order valence-corrected chi connectivity index (χ1v) is 10.0. The number of fused-ring (bicyclic) bond motifs is 1. The minimum absolute atomic E-state index is 0.403. The zero-order valence-corrected chi connectivity index (χ0v) is 15.8. The first-order chi connectivity index (χ1) is 13.3. The van der Waals surface area contributed by atoms with E-state index in [4.69, 9.17) is 16.6 Å². The maximum absolute atomic E-state index is 6.15. The molecule has 1 saturated heterocycles. The third kappa shape index (κ3) is 3.59. The fourth-order valence-corrected chi connectivity index (χ4v) is 3.91. The van der Waals surface area contributed by atoms with Crippen molar-refractivity contribution in [3.63, 3.8) is 0 Å². The summed E-state index contributed by atoms with van der Waals surface area (Å²) in [5.74, 6) is 2.38. The number of rotatable bonds is 5. The van der Waals surface area contributed by atoms with Gasteiger partial charge in [0.05, 0.1) is 6.20 Å². The SMILES string of the molecule is Clc1cccc(Nc2cc(NC3CCCNC3)nc3c(C4CC4)cnn23)c1. The number of benzene rings is 1. The van der Waals surface area contributed by atoms with Gasteiger partial charge in [-0.15, -0.1) is 0 Å². The lowest BCUT2D eigenvalue weighted by atomic mass is 10.1. The molecule has 1 atom stereocenters. The number of hydrogen-bond acceptors (Lipinski definition) is 5. The lowest BCUT2D eigenvalue weighted by molar-refractivity contribution is 0.479. The molecular weight excluding hydrogens is 360 g/mol. The van der Waals surface area contributed by atoms with Gasteiger partial charge in [0.25, 0.3) is 0 Å². The van der Waals surface area contributed by atoms with Crippen molar-refractivity contribution >= 4 is 34.6 Å². The maximum Gasteiger partial charge on any atom is 0.163 e. The molecule has 2 fully saturated rings. The van der Waals surface area contributed by atoms with Crippen LogP contribution in [0.3, 0.4) is 0 Å². The molecule has 1 aliphatic carbocycles. The summed E-state index contributed by atoms with van der Waals surface area (Å²) in [6, 6.07) is 10.2. The molecule has 140 valence electrons. The molecule has 0 amide bonds. The Kier molecular flexibility index (Phi) is 4.38. The molecule has 2 aromatic heterocycles. The molecule has 2 aliphatic rings. The molecule has 3 heterocycles. The summed E-state index contributed by atoms with van der Waals surface area (Å²) in [7, 11) is 0. The third-order valence-corrected chi connectivity index (χ3v) is 5.50. The van der Waals surface area contributed by atoms with E-state index in [2.05, 4.69) is 21.0 Å². The fraction of sp³-hybridized carbons (Fsp3) is 0.400. The Morgan fingerprint density at radius 1 is 1.19 bits per heavy atom. The molecule has 27 heavy (non-hydrogen) atoms. The quantitative estimate of drug-likeness (QED) is 0.618. The standard InChI is InChI=1S/C20H23ClN6/c21-14-3-1-4-15(9-14)25-19-10-18(24-16-5-2-8-22-11-16)26-20-17(13-6-7-13)12-23-27(19)20/h1,3-4,9-10,12-13,16,22,25H,2,5-8,11H2,(H,24,26). The number of halogens is 1. The van der Waals surface area contributed by atoms with Gasteiger partial charge in [-0.25, -0.2) is 4.98 Å². The lowest BCUT2D eigenvalue weighted by Gasteiger charge is -2.24. The Hall–Kier alpha value is -2.31. The number of nitrogens with zero attached hydrogens (tertiary/aromatic N) is 3. The van der Waals surface area contributed by atoms with Gasteiger partial charge >= 0.3 is 0 Å². The van der Waals surface area contributed by atoms with Gasteiger partial charge in [0, 0.05) is 34.9 Å². The average molecular weight is 383 g/mol. The largest absolute Gasteiger partial charge is 0.366 e. The summed E-state index contributed by atoms with van der Waals surface area (Å²) >= 11 is 6.15. The van der Waals surface area contributed by atoms with Crippen LogP contribution in [-0.4, -0.2) is 33.7 Å². The van der Waals surface area contributed by atoms with E-state index >= 15 is 0 Å². The molecule has 1 saturated carbocycles. The van der Waals surface area contributed by atoms with Crippen LogP contribution in [0.4, 0.5) is 17.3 Å². The molecular formula is C20H23ClN6. The summed E-state index contributed by atoms with van der Waals surface area (Å²) in [6.07, 6.45) is 6.77. The van der Waals surface area contributed by atoms with Crippen LogP contribution >= 0.6 is 11.6 Å². The molecule has 0 spiro atoms. The molecule has 1 aromatic carbocycles. The predicted octanol–water partition coefficient (Wildman–Crippen LogP) is 4.17. The fourth-order valence-electron chi connectivity index (χ4n) is 3.72. The second-order valence-electron chi connectivity index (χ2n) is 7.46. The topological polar surface area (TPSA) is 66.3 Å². The Bertz CT molecular complexity index is 958. The van der Waals surface area contributed by atoms with Crippen LogP contribution in [0, 0.1) is 0 Å². The molecule has 6 nitrogen and oxygen atoms in total. The van der Waals surface area contributed by atoms with E-state index in [0.29, 0.717) is 17.0 Å². The second-order valence-corrected chi connectivity index (χ2v) is 7.90. The van der Waals surface area contributed by atoms with Crippen molar-refractivity contribution in [1.29, 1.82) is 0 Å². The monoisotopic (exact) mass is 382 g/mol. The smallest absolute Gasteiger partial charge is 0.163 e. The van der Waals surface area contributed by atoms with E-state index in [1.807, 2.05) is 41.0 Å². The van der Waals surface area contributed by atoms with E-state index in [0.717, 1.165) is 42.5 Å². The second kappa shape index (κ2) is 7.02. The van der Waals surface area contributed by atoms with E-state index in [1.54, 1.807) is 0 Å². The molecule has 5 rings (SSSR count). The van der Waals surface area contributed by atoms with Gasteiger partial charge in [0.1, 0.15) is 11.6 Å². The summed E-state index contributed by atoms with van der Waals surface area (Å²) in [5, 5.41) is 15.8. The highest BCUT2D eigenvalue weighted by atomic mass is 35.5. The van der Waals surface area contributed by atoms with Crippen molar-refractivity contribution in [2.75, 3.05) is 23.7 Å². The molecule has 0 radical (unpaired) electrons. The normalized spacial score (nSPS) is 20.0. The van der Waals surface area contributed by atoms with Crippen molar-refractivity contribution in [3.05, 3.63) is 47.1 Å². The van der Waals surface area contributed by atoms with Crippen molar-refractivity contribution in [2.45, 2.75) is 37.6 Å². The first-order valence-electron chi connectivity index (χ1n) is 9.65. The van der Waals surface area contributed by atoms with Gasteiger partial charge in [-0.2, -0.15) is 9.61 Å². The minimum Gasteiger partial charge on any atom is -0.366 e. The Labute approximate surface area is 163 Å². The van der Waals surface area contributed by atoms with Gasteiger partial charge < -0.3 is 16.0 Å². The zero-order chi connectivity index (χ0) is 18.2. The van der Waals surface area contributed by atoms with Crippen molar-refractivity contribution in [2.24, 2.45) is 0 Å². The van der Waals surface area contributed by atoms with Crippen molar-refractivity contribution in [3.8, 4) is 0 Å². The third-order valence-electron chi connectivity index (χ3n) is 5.26. The average Bonchev–Trinajstić information content (AvgIpc) is 3.42. The maximum atomic E-state index is 6.15. The number of nitrogens with one attached hydrogen (secondary N) is 3. The molecule has 3 N–H and O–H groups in total. The highest BCUT2D eigenvalue weighted by Gasteiger charge is 2.28. The van der Waals surface area contributed by atoms with Gasteiger partial charge in [-0.3, -0.25) is 0 Å². The molecule has 1 aliphatic heterocycles. The minimum atomic E-state index is 0.403. The van der Waals surface area contributed by atoms with Crippen molar-refractivity contribution < 1.29 is 0 Å². The van der Waals surface area contributed by atoms with E-state index in [1.165, 1.54) is 24.8 Å². The highest BCUT2D eigenvalue weighted by molar-refractivity contribution is 6.30.